The summed E-state index contributed by atoms with van der Waals surface area (Å²) in [6.45, 7) is 0. The third kappa shape index (κ3) is 3.30. The van der Waals surface area contributed by atoms with Crippen molar-refractivity contribution in [3.05, 3.63) is 23.0 Å². The number of halogens is 5. The first-order valence-corrected chi connectivity index (χ1v) is 4.81. The lowest BCUT2D eigenvalue weighted by Crippen LogP contribution is -2.14. The van der Waals surface area contributed by atoms with Gasteiger partial charge in [0.25, 0.3) is 6.43 Å². The van der Waals surface area contributed by atoms with Crippen LogP contribution in [0, 0.1) is 0 Å². The van der Waals surface area contributed by atoms with Gasteiger partial charge in [0.2, 0.25) is 0 Å². The highest BCUT2D eigenvalue weighted by Gasteiger charge is 2.38. The molecule has 0 aromatic carbocycles. The number of aromatic nitrogens is 1. The fraction of sp³-hybridized carbons (Fsp3) is 0.400. The van der Waals surface area contributed by atoms with Crippen molar-refractivity contribution in [3.63, 3.8) is 0 Å². The van der Waals surface area contributed by atoms with Gasteiger partial charge in [-0.05, 0) is 0 Å². The first kappa shape index (κ1) is 15.1. The van der Waals surface area contributed by atoms with E-state index in [2.05, 4.69) is 9.72 Å². The number of alkyl halides is 5. The maximum absolute atomic E-state index is 12.8. The average Bonchev–Trinajstić information content (AvgIpc) is 2.25. The van der Waals surface area contributed by atoms with E-state index in [-0.39, 0.29) is 6.20 Å². The van der Waals surface area contributed by atoms with E-state index in [4.69, 9.17) is 5.11 Å². The van der Waals surface area contributed by atoms with Crippen LogP contribution in [0.3, 0.4) is 0 Å². The molecule has 1 heterocycles. The second-order valence-electron chi connectivity index (χ2n) is 3.43. The van der Waals surface area contributed by atoms with Crippen LogP contribution in [0.25, 0.3) is 0 Å². The molecule has 0 radical (unpaired) electrons. The quantitative estimate of drug-likeness (QED) is 0.864. The highest BCUT2D eigenvalue weighted by molar-refractivity contribution is 5.70. The zero-order valence-electron chi connectivity index (χ0n) is 9.46. The van der Waals surface area contributed by atoms with Gasteiger partial charge in [0.15, 0.2) is 0 Å². The van der Waals surface area contributed by atoms with Gasteiger partial charge >= 0.3 is 12.1 Å². The van der Waals surface area contributed by atoms with Crippen molar-refractivity contribution in [1.82, 2.24) is 4.98 Å². The van der Waals surface area contributed by atoms with E-state index < -0.39 is 47.6 Å². The van der Waals surface area contributed by atoms with Crippen LogP contribution >= 0.6 is 0 Å². The Labute approximate surface area is 103 Å². The fourth-order valence-electron chi connectivity index (χ4n) is 1.48. The largest absolute Gasteiger partial charge is 0.495 e. The second kappa shape index (κ2) is 5.37. The minimum absolute atomic E-state index is 0.281. The number of pyridine rings is 1. The van der Waals surface area contributed by atoms with Gasteiger partial charge in [0.05, 0.1) is 24.8 Å². The van der Waals surface area contributed by atoms with Crippen LogP contribution in [0.5, 0.6) is 5.75 Å². The van der Waals surface area contributed by atoms with E-state index in [0.717, 1.165) is 7.11 Å². The molecule has 1 aromatic rings. The number of nitrogens with zero attached hydrogens (tertiary/aromatic N) is 1. The molecule has 0 bridgehead atoms. The van der Waals surface area contributed by atoms with Gasteiger partial charge in [-0.2, -0.15) is 13.2 Å². The summed E-state index contributed by atoms with van der Waals surface area (Å²) in [5.41, 5.74) is -3.29. The molecule has 1 aromatic heterocycles. The Morgan fingerprint density at radius 3 is 2.42 bits per heavy atom. The van der Waals surface area contributed by atoms with Crippen LogP contribution in [0.4, 0.5) is 22.0 Å². The average molecular weight is 285 g/mol. The summed E-state index contributed by atoms with van der Waals surface area (Å²) < 4.78 is 67.8. The highest BCUT2D eigenvalue weighted by Crippen LogP contribution is 2.41. The van der Waals surface area contributed by atoms with E-state index in [9.17, 15) is 26.7 Å². The Bertz CT molecular complexity index is 487. The number of hydrogen-bond donors (Lipinski definition) is 1. The Morgan fingerprint density at radius 2 is 2.05 bits per heavy atom. The molecular weight excluding hydrogens is 277 g/mol. The van der Waals surface area contributed by atoms with Crippen molar-refractivity contribution in [2.24, 2.45) is 0 Å². The molecule has 0 aliphatic rings. The molecule has 0 amide bonds. The zero-order valence-corrected chi connectivity index (χ0v) is 9.46. The summed E-state index contributed by atoms with van der Waals surface area (Å²) in [5, 5.41) is 8.52. The molecule has 9 heteroatoms. The molecule has 1 N–H and O–H groups in total. The third-order valence-electron chi connectivity index (χ3n) is 2.20. The Morgan fingerprint density at radius 1 is 1.47 bits per heavy atom. The molecule has 0 atom stereocenters. The van der Waals surface area contributed by atoms with Crippen LogP contribution in [0.15, 0.2) is 6.20 Å². The van der Waals surface area contributed by atoms with Crippen molar-refractivity contribution in [2.75, 3.05) is 7.11 Å². The van der Waals surface area contributed by atoms with Crippen LogP contribution < -0.4 is 4.74 Å². The Balaban J connectivity index is 3.52. The molecular formula is C10H8F5NO3. The topological polar surface area (TPSA) is 59.4 Å². The van der Waals surface area contributed by atoms with Crippen molar-refractivity contribution in [2.45, 2.75) is 19.0 Å². The Kier molecular flexibility index (Phi) is 4.28. The SMILES string of the molecule is COc1c(C(F)(F)F)cnc(CC(=O)O)c1C(F)F. The summed E-state index contributed by atoms with van der Waals surface area (Å²) in [7, 11) is 0.793. The molecule has 0 saturated carbocycles. The van der Waals surface area contributed by atoms with Crippen molar-refractivity contribution < 1.29 is 36.6 Å². The number of hydrogen-bond acceptors (Lipinski definition) is 3. The molecule has 0 unspecified atom stereocenters. The van der Waals surface area contributed by atoms with Gasteiger partial charge < -0.3 is 9.84 Å². The molecule has 106 valence electrons. The second-order valence-corrected chi connectivity index (χ2v) is 3.43. The number of carbonyl (C=O) groups is 1. The van der Waals surface area contributed by atoms with Crippen LogP contribution in [-0.4, -0.2) is 23.2 Å². The normalized spacial score (nSPS) is 11.7. The van der Waals surface area contributed by atoms with Crippen molar-refractivity contribution in [1.29, 1.82) is 0 Å². The summed E-state index contributed by atoms with van der Waals surface area (Å²) in [5.74, 6) is -2.59. The fourth-order valence-corrected chi connectivity index (χ4v) is 1.48. The van der Waals surface area contributed by atoms with Gasteiger partial charge in [-0.25, -0.2) is 8.78 Å². The number of methoxy groups -OCH3 is 1. The van der Waals surface area contributed by atoms with Gasteiger partial charge in [0, 0.05) is 6.20 Å². The van der Waals surface area contributed by atoms with E-state index in [1.165, 1.54) is 0 Å². The molecule has 4 nitrogen and oxygen atoms in total. The molecule has 0 spiro atoms. The maximum Gasteiger partial charge on any atom is 0.421 e. The first-order chi connectivity index (χ1) is 8.68. The summed E-state index contributed by atoms with van der Waals surface area (Å²) in [4.78, 5) is 13.6. The zero-order chi connectivity index (χ0) is 14.8. The molecule has 0 saturated heterocycles. The highest BCUT2D eigenvalue weighted by atomic mass is 19.4. The number of carboxylic acid groups (broad SMARTS) is 1. The number of aliphatic carboxylic acids is 1. The third-order valence-corrected chi connectivity index (χ3v) is 2.20. The maximum atomic E-state index is 12.8. The lowest BCUT2D eigenvalue weighted by Gasteiger charge is -2.17. The van der Waals surface area contributed by atoms with Crippen molar-refractivity contribution >= 4 is 5.97 Å². The standard InChI is InChI=1S/C10H8F5NO3/c1-19-8-4(10(13,14)15)3-16-5(2-6(17)18)7(8)9(11)12/h3,9H,2H2,1H3,(H,17,18). The Hall–Kier alpha value is -1.93. The molecule has 19 heavy (non-hydrogen) atoms. The van der Waals surface area contributed by atoms with Crippen LogP contribution in [-0.2, 0) is 17.4 Å². The lowest BCUT2D eigenvalue weighted by molar-refractivity contribution is -0.139. The minimum atomic E-state index is -4.93. The molecule has 1 rings (SSSR count). The monoisotopic (exact) mass is 285 g/mol. The van der Waals surface area contributed by atoms with Gasteiger partial charge in [-0.15, -0.1) is 0 Å². The van der Waals surface area contributed by atoms with Crippen molar-refractivity contribution in [3.8, 4) is 5.75 Å². The lowest BCUT2D eigenvalue weighted by atomic mass is 10.1. The molecule has 0 aliphatic carbocycles. The molecule has 0 fully saturated rings. The van der Waals surface area contributed by atoms with E-state index >= 15 is 0 Å². The van der Waals surface area contributed by atoms with Gasteiger partial charge in [-0.3, -0.25) is 9.78 Å². The number of carboxylic acids is 1. The summed E-state index contributed by atoms with van der Waals surface area (Å²) >= 11 is 0. The van der Waals surface area contributed by atoms with Crippen LogP contribution in [0.2, 0.25) is 0 Å². The van der Waals surface area contributed by atoms with Gasteiger partial charge in [0.1, 0.15) is 11.3 Å². The van der Waals surface area contributed by atoms with E-state index in [1.54, 1.807) is 0 Å². The molecule has 0 aliphatic heterocycles. The van der Waals surface area contributed by atoms with Crippen LogP contribution in [0.1, 0.15) is 23.2 Å². The minimum Gasteiger partial charge on any atom is -0.495 e. The summed E-state index contributed by atoms with van der Waals surface area (Å²) in [6, 6.07) is 0. The first-order valence-electron chi connectivity index (χ1n) is 4.81. The summed E-state index contributed by atoms with van der Waals surface area (Å²) in [6.07, 6.45) is -8.90. The van der Waals surface area contributed by atoms with E-state index in [0.29, 0.717) is 0 Å². The number of ether oxygens (including phenoxy) is 1. The predicted octanol–water partition coefficient (Wildman–Crippen LogP) is 2.67. The van der Waals surface area contributed by atoms with E-state index in [1.807, 2.05) is 0 Å². The smallest absolute Gasteiger partial charge is 0.421 e. The number of rotatable bonds is 4. The van der Waals surface area contributed by atoms with Gasteiger partial charge in [-0.1, -0.05) is 0 Å². The predicted molar refractivity (Wildman–Crippen MR) is 52.1 cm³/mol.